The lowest BCUT2D eigenvalue weighted by atomic mass is 10.3. The van der Waals surface area contributed by atoms with Crippen molar-refractivity contribution < 1.29 is 32.6 Å². The van der Waals surface area contributed by atoms with Crippen molar-refractivity contribution in [2.24, 2.45) is 0 Å². The normalized spacial score (nSPS) is 20.2. The topological polar surface area (TPSA) is 148 Å². The minimum atomic E-state index is -2.77. The lowest BCUT2D eigenvalue weighted by molar-refractivity contribution is 0.0231. The largest absolute Gasteiger partial charge is 0.501 e. The Morgan fingerprint density at radius 2 is 1.34 bits per heavy atom. The maximum Gasteiger partial charge on any atom is 0.501 e. The zero-order valence-corrected chi connectivity index (χ0v) is 21.7. The van der Waals surface area contributed by atoms with Crippen LogP contribution >= 0.6 is 0 Å². The van der Waals surface area contributed by atoms with E-state index in [-0.39, 0.29) is 38.4 Å². The van der Waals surface area contributed by atoms with E-state index in [1.54, 1.807) is 0 Å². The minimum Gasteiger partial charge on any atom is -0.389 e. The quantitative estimate of drug-likeness (QED) is 0.142. The summed E-state index contributed by atoms with van der Waals surface area (Å²) in [6, 6.07) is 0.570. The number of aliphatic hydroxyl groups is 1. The summed E-state index contributed by atoms with van der Waals surface area (Å²) in [4.78, 5) is 38.5. The number of hydrogen-bond donors (Lipinski definition) is 1. The molecule has 200 valence electrons. The fourth-order valence-corrected chi connectivity index (χ4v) is 6.36. The van der Waals surface area contributed by atoms with Gasteiger partial charge in [0.2, 0.25) is 0 Å². The van der Waals surface area contributed by atoms with E-state index in [0.717, 1.165) is 13.7 Å². The van der Waals surface area contributed by atoms with Gasteiger partial charge in [0.05, 0.1) is 57.8 Å². The van der Waals surface area contributed by atoms with Gasteiger partial charge in [-0.15, -0.1) is 0 Å². The van der Waals surface area contributed by atoms with Crippen LogP contribution in [0.25, 0.3) is 0 Å². The van der Waals surface area contributed by atoms with Crippen molar-refractivity contribution >= 4 is 8.80 Å². The molecule has 0 spiro atoms. The molecule has 0 saturated carbocycles. The zero-order chi connectivity index (χ0) is 25.4. The van der Waals surface area contributed by atoms with E-state index < -0.39 is 32.0 Å². The monoisotopic (exact) mass is 519 g/mol. The first kappa shape index (κ1) is 27.9. The van der Waals surface area contributed by atoms with Crippen LogP contribution in [0.4, 0.5) is 0 Å². The van der Waals surface area contributed by atoms with Gasteiger partial charge in [-0.05, 0) is 27.2 Å². The molecule has 0 bridgehead atoms. The Labute approximate surface area is 204 Å². The maximum atomic E-state index is 12.9. The van der Waals surface area contributed by atoms with Gasteiger partial charge in [-0.25, -0.2) is 28.1 Å². The highest BCUT2D eigenvalue weighted by atomic mass is 28.4. The average molecular weight is 520 g/mol. The van der Waals surface area contributed by atoms with Gasteiger partial charge >= 0.3 is 25.9 Å². The molecule has 0 radical (unpaired) electrons. The van der Waals surface area contributed by atoms with E-state index in [1.165, 1.54) is 0 Å². The van der Waals surface area contributed by atoms with Crippen LogP contribution < -0.4 is 17.1 Å². The molecule has 3 atom stereocenters. The van der Waals surface area contributed by atoms with Crippen LogP contribution in [0.15, 0.2) is 14.4 Å². The standard InChI is InChI=1S/C21H37N3O10Si/c1-4-32-35(33-5-2,34-6-3)9-7-8-29-13-16(25)10-22-19(26)23(11-17-14-30-17)21(28)24(20(22)27)12-18-15-31-18/h16-18,25H,4-15H2,1-3H3. The van der Waals surface area contributed by atoms with Crippen LogP contribution in [0.1, 0.15) is 27.2 Å². The summed E-state index contributed by atoms with van der Waals surface area (Å²) in [5.41, 5.74) is -2.24. The predicted molar refractivity (Wildman–Crippen MR) is 126 cm³/mol. The Bertz CT molecular complexity index is 916. The van der Waals surface area contributed by atoms with Crippen LogP contribution in [0.5, 0.6) is 0 Å². The highest BCUT2D eigenvalue weighted by Gasteiger charge is 2.39. The third-order valence-corrected chi connectivity index (χ3v) is 8.68. The summed E-state index contributed by atoms with van der Waals surface area (Å²) in [5.74, 6) is 0. The molecule has 3 rings (SSSR count). The smallest absolute Gasteiger partial charge is 0.389 e. The van der Waals surface area contributed by atoms with Crippen molar-refractivity contribution in [3.8, 4) is 0 Å². The summed E-state index contributed by atoms with van der Waals surface area (Å²) in [5, 5.41) is 10.5. The second-order valence-corrected chi connectivity index (χ2v) is 11.1. The summed E-state index contributed by atoms with van der Waals surface area (Å²) < 4.78 is 36.1. The van der Waals surface area contributed by atoms with E-state index in [1.807, 2.05) is 20.8 Å². The first-order valence-corrected chi connectivity index (χ1v) is 14.1. The minimum absolute atomic E-state index is 0.0567. The van der Waals surface area contributed by atoms with E-state index in [9.17, 15) is 19.5 Å². The molecule has 35 heavy (non-hydrogen) atoms. The maximum absolute atomic E-state index is 12.9. The molecule has 2 aliphatic rings. The predicted octanol–water partition coefficient (Wildman–Crippen LogP) is -1.21. The van der Waals surface area contributed by atoms with Gasteiger partial charge in [0.1, 0.15) is 0 Å². The van der Waals surface area contributed by atoms with Crippen molar-refractivity contribution in [1.29, 1.82) is 0 Å². The molecule has 0 aliphatic carbocycles. The van der Waals surface area contributed by atoms with Crippen molar-refractivity contribution in [3.63, 3.8) is 0 Å². The lowest BCUT2D eigenvalue weighted by Gasteiger charge is -2.28. The fraction of sp³-hybridized carbons (Fsp3) is 0.857. The number of nitrogens with zero attached hydrogens (tertiary/aromatic N) is 3. The first-order valence-electron chi connectivity index (χ1n) is 12.2. The Balaban J connectivity index is 1.59. The number of aliphatic hydroxyl groups excluding tert-OH is 1. The third kappa shape index (κ3) is 7.92. The average Bonchev–Trinajstić information content (AvgIpc) is 3.74. The summed E-state index contributed by atoms with van der Waals surface area (Å²) >= 11 is 0. The highest BCUT2D eigenvalue weighted by Crippen LogP contribution is 2.18. The molecular weight excluding hydrogens is 482 g/mol. The van der Waals surface area contributed by atoms with Crippen molar-refractivity contribution in [3.05, 3.63) is 31.5 Å². The molecule has 13 nitrogen and oxygen atoms in total. The van der Waals surface area contributed by atoms with Crippen LogP contribution in [0.2, 0.25) is 6.04 Å². The Hall–Kier alpha value is -1.65. The second-order valence-electron chi connectivity index (χ2n) is 8.40. The molecule has 14 heteroatoms. The van der Waals surface area contributed by atoms with Gasteiger partial charge in [-0.1, -0.05) is 0 Å². The first-order chi connectivity index (χ1) is 16.8. The summed E-state index contributed by atoms with van der Waals surface area (Å²) in [6.45, 7) is 8.07. The van der Waals surface area contributed by atoms with Crippen LogP contribution in [0.3, 0.4) is 0 Å². The van der Waals surface area contributed by atoms with Crippen molar-refractivity contribution in [1.82, 2.24) is 13.7 Å². The molecular formula is C21H37N3O10Si. The number of rotatable bonds is 18. The van der Waals surface area contributed by atoms with E-state index in [4.69, 9.17) is 27.5 Å². The van der Waals surface area contributed by atoms with Gasteiger partial charge in [0.15, 0.2) is 0 Å². The van der Waals surface area contributed by atoms with Gasteiger partial charge in [0, 0.05) is 32.5 Å². The van der Waals surface area contributed by atoms with Crippen LogP contribution in [-0.2, 0) is 47.1 Å². The van der Waals surface area contributed by atoms with Crippen molar-refractivity contribution in [2.75, 3.05) is 46.2 Å². The molecule has 0 aromatic carbocycles. The van der Waals surface area contributed by atoms with Gasteiger partial charge < -0.3 is 32.6 Å². The van der Waals surface area contributed by atoms with Crippen LogP contribution in [-0.4, -0.2) is 92.2 Å². The van der Waals surface area contributed by atoms with Gasteiger partial charge in [-0.3, -0.25) is 0 Å². The second kappa shape index (κ2) is 13.1. The Morgan fingerprint density at radius 1 is 0.886 bits per heavy atom. The lowest BCUT2D eigenvalue weighted by Crippen LogP contribution is -2.56. The van der Waals surface area contributed by atoms with Crippen LogP contribution in [0, 0.1) is 0 Å². The molecule has 2 aliphatic heterocycles. The molecule has 3 unspecified atom stereocenters. The summed E-state index contributed by atoms with van der Waals surface area (Å²) in [6.07, 6.45) is -0.988. The van der Waals surface area contributed by atoms with Crippen molar-refractivity contribution in [2.45, 2.75) is 71.2 Å². The zero-order valence-electron chi connectivity index (χ0n) is 20.7. The molecule has 2 saturated heterocycles. The van der Waals surface area contributed by atoms with E-state index in [0.29, 0.717) is 52.1 Å². The fourth-order valence-electron chi connectivity index (χ4n) is 3.78. The molecule has 0 amide bonds. The molecule has 1 aromatic rings. The third-order valence-electron chi connectivity index (χ3n) is 5.53. The van der Waals surface area contributed by atoms with Gasteiger partial charge in [0.25, 0.3) is 0 Å². The van der Waals surface area contributed by atoms with Gasteiger partial charge in [-0.2, -0.15) is 0 Å². The number of ether oxygens (including phenoxy) is 3. The molecule has 1 N–H and O–H groups in total. The molecule has 1 aromatic heterocycles. The van der Waals surface area contributed by atoms with E-state index in [2.05, 4.69) is 0 Å². The molecule has 2 fully saturated rings. The Kier molecular flexibility index (Phi) is 10.4. The number of aromatic nitrogens is 3. The van der Waals surface area contributed by atoms with E-state index >= 15 is 0 Å². The number of hydrogen-bond acceptors (Lipinski definition) is 10. The summed E-state index contributed by atoms with van der Waals surface area (Å²) in [7, 11) is -2.77. The highest BCUT2D eigenvalue weighted by molar-refractivity contribution is 6.60. The molecule has 3 heterocycles. The Morgan fingerprint density at radius 3 is 1.77 bits per heavy atom. The number of epoxide rings is 2. The SMILES string of the molecule is CCO[Si](CCCOCC(O)Cn1c(=O)n(CC2CO2)c(=O)n(CC2CO2)c1=O)(OCC)OCC.